The van der Waals surface area contributed by atoms with E-state index in [2.05, 4.69) is 14.5 Å². The molecule has 0 saturated carbocycles. The topological polar surface area (TPSA) is 60.5 Å². The highest BCUT2D eigenvalue weighted by molar-refractivity contribution is 6.60. The van der Waals surface area contributed by atoms with Crippen LogP contribution in [0.2, 0.25) is 6.04 Å². The monoisotopic (exact) mass is 334 g/mol. The van der Waals surface area contributed by atoms with Gasteiger partial charge in [-0.15, -0.1) is 0 Å². The van der Waals surface area contributed by atoms with Crippen LogP contribution in [0.25, 0.3) is 0 Å². The van der Waals surface area contributed by atoms with E-state index in [-0.39, 0.29) is 5.97 Å². The summed E-state index contributed by atoms with van der Waals surface area (Å²) in [5.74, 6) is -0.137. The third-order valence-electron chi connectivity index (χ3n) is 4.22. The van der Waals surface area contributed by atoms with Crippen LogP contribution in [0.4, 0.5) is 0 Å². The second-order valence-electron chi connectivity index (χ2n) is 5.41. The molecule has 0 aromatic rings. The van der Waals surface area contributed by atoms with Gasteiger partial charge in [0.2, 0.25) is 0 Å². The van der Waals surface area contributed by atoms with Gasteiger partial charge in [0, 0.05) is 60.1 Å². The summed E-state index contributed by atoms with van der Waals surface area (Å²) in [6, 6.07) is 0.832. The molecule has 1 heterocycles. The zero-order valence-corrected chi connectivity index (χ0v) is 15.3. The van der Waals surface area contributed by atoms with E-state index < -0.39 is 8.80 Å². The Bertz CT molecular complexity index is 312. The summed E-state index contributed by atoms with van der Waals surface area (Å²) in [6.45, 7) is 5.87. The molecule has 0 N–H and O–H groups in total. The number of methoxy groups -OCH3 is 1. The van der Waals surface area contributed by atoms with Crippen LogP contribution < -0.4 is 0 Å². The van der Waals surface area contributed by atoms with Crippen LogP contribution in [0.15, 0.2) is 0 Å². The van der Waals surface area contributed by atoms with Gasteiger partial charge in [0.1, 0.15) is 0 Å². The molecule has 1 aliphatic rings. The number of hydrogen-bond donors (Lipinski definition) is 0. The van der Waals surface area contributed by atoms with Gasteiger partial charge in [0.05, 0.1) is 13.5 Å². The lowest BCUT2D eigenvalue weighted by molar-refractivity contribution is -0.141. The van der Waals surface area contributed by atoms with Gasteiger partial charge in [-0.2, -0.15) is 0 Å². The van der Waals surface area contributed by atoms with Crippen LogP contribution in [0.1, 0.15) is 12.8 Å². The zero-order chi connectivity index (χ0) is 16.4. The molecule has 8 heteroatoms. The smallest absolute Gasteiger partial charge is 0.469 e. The normalized spacial score (nSPS) is 17.6. The zero-order valence-electron chi connectivity index (χ0n) is 14.3. The maximum absolute atomic E-state index is 11.1. The van der Waals surface area contributed by atoms with E-state index in [1.165, 1.54) is 7.11 Å². The molecular formula is C14H30N2O5Si. The lowest BCUT2D eigenvalue weighted by Gasteiger charge is -2.35. The van der Waals surface area contributed by atoms with Gasteiger partial charge in [0.25, 0.3) is 0 Å². The van der Waals surface area contributed by atoms with Crippen molar-refractivity contribution in [3.8, 4) is 0 Å². The standard InChI is InChI=1S/C14H30N2O5Si/c1-18-14(17)6-8-16-11-9-15(10-12-16)7-5-13-22(19-2,20-3)21-4/h5-13H2,1-4H3. The van der Waals surface area contributed by atoms with E-state index in [0.717, 1.165) is 51.7 Å². The van der Waals surface area contributed by atoms with E-state index in [4.69, 9.17) is 13.3 Å². The molecule has 1 saturated heterocycles. The largest absolute Gasteiger partial charge is 0.500 e. The van der Waals surface area contributed by atoms with Gasteiger partial charge in [0.15, 0.2) is 0 Å². The highest BCUT2D eigenvalue weighted by Gasteiger charge is 2.37. The summed E-state index contributed by atoms with van der Waals surface area (Å²) in [5.41, 5.74) is 0. The fourth-order valence-electron chi connectivity index (χ4n) is 2.66. The van der Waals surface area contributed by atoms with Crippen LogP contribution in [0, 0.1) is 0 Å². The maximum atomic E-state index is 11.1. The van der Waals surface area contributed by atoms with Gasteiger partial charge in [-0.05, 0) is 13.0 Å². The van der Waals surface area contributed by atoms with Crippen LogP contribution in [0.5, 0.6) is 0 Å². The van der Waals surface area contributed by atoms with Gasteiger partial charge in [-0.1, -0.05) is 0 Å². The molecule has 0 bridgehead atoms. The molecule has 0 unspecified atom stereocenters. The van der Waals surface area contributed by atoms with E-state index in [1.807, 2.05) is 0 Å². The van der Waals surface area contributed by atoms with Crippen LogP contribution in [-0.4, -0.2) is 92.3 Å². The number of nitrogens with zero attached hydrogens (tertiary/aromatic N) is 2. The molecule has 0 radical (unpaired) electrons. The van der Waals surface area contributed by atoms with Crippen molar-refractivity contribution in [1.82, 2.24) is 9.80 Å². The second kappa shape index (κ2) is 10.3. The number of hydrogen-bond acceptors (Lipinski definition) is 7. The van der Waals surface area contributed by atoms with Crippen LogP contribution >= 0.6 is 0 Å². The van der Waals surface area contributed by atoms with Gasteiger partial charge >= 0.3 is 14.8 Å². The molecule has 22 heavy (non-hydrogen) atoms. The average Bonchev–Trinajstić information content (AvgIpc) is 2.58. The van der Waals surface area contributed by atoms with E-state index in [0.29, 0.717) is 6.42 Å². The maximum Gasteiger partial charge on any atom is 0.500 e. The Balaban J connectivity index is 2.19. The molecule has 1 aliphatic heterocycles. The number of ether oxygens (including phenoxy) is 1. The summed E-state index contributed by atoms with van der Waals surface area (Å²) < 4.78 is 21.0. The minimum absolute atomic E-state index is 0.137. The fraction of sp³-hybridized carbons (Fsp3) is 0.929. The Labute approximate surface area is 134 Å². The third-order valence-corrected chi connectivity index (χ3v) is 7.05. The minimum Gasteiger partial charge on any atom is -0.469 e. The fourth-order valence-corrected chi connectivity index (χ4v) is 4.37. The lowest BCUT2D eigenvalue weighted by Crippen LogP contribution is -2.48. The van der Waals surface area contributed by atoms with Crippen molar-refractivity contribution in [1.29, 1.82) is 0 Å². The molecule has 0 aromatic carbocycles. The Kier molecular flexibility index (Phi) is 9.14. The Morgan fingerprint density at radius 2 is 1.41 bits per heavy atom. The first-order valence-electron chi connectivity index (χ1n) is 7.76. The van der Waals surface area contributed by atoms with Gasteiger partial charge in [-0.3, -0.25) is 4.79 Å². The van der Waals surface area contributed by atoms with Crippen molar-refractivity contribution in [2.75, 3.05) is 67.7 Å². The predicted octanol–water partition coefficient (Wildman–Crippen LogP) is 0.435. The van der Waals surface area contributed by atoms with Crippen molar-refractivity contribution in [2.24, 2.45) is 0 Å². The highest BCUT2D eigenvalue weighted by atomic mass is 28.4. The summed E-state index contributed by atoms with van der Waals surface area (Å²) in [4.78, 5) is 15.9. The SMILES string of the molecule is COC(=O)CCN1CCN(CCC[Si](OC)(OC)OC)CC1. The number of rotatable bonds is 10. The predicted molar refractivity (Wildman–Crippen MR) is 85.7 cm³/mol. The van der Waals surface area contributed by atoms with Crippen LogP contribution in [-0.2, 0) is 22.8 Å². The molecule has 0 aliphatic carbocycles. The number of carbonyl (C=O) groups excluding carboxylic acids is 1. The summed E-state index contributed by atoms with van der Waals surface area (Å²) >= 11 is 0. The van der Waals surface area contributed by atoms with Gasteiger partial charge < -0.3 is 27.8 Å². The molecule has 1 rings (SSSR count). The van der Waals surface area contributed by atoms with Gasteiger partial charge in [-0.25, -0.2) is 0 Å². The first-order chi connectivity index (χ1) is 10.6. The second-order valence-corrected chi connectivity index (χ2v) is 8.50. The van der Waals surface area contributed by atoms with Crippen molar-refractivity contribution < 1.29 is 22.8 Å². The summed E-state index contributed by atoms with van der Waals surface area (Å²) in [6.07, 6.45) is 1.48. The Morgan fingerprint density at radius 1 is 0.909 bits per heavy atom. The van der Waals surface area contributed by atoms with Crippen LogP contribution in [0.3, 0.4) is 0 Å². The van der Waals surface area contributed by atoms with Crippen molar-refractivity contribution >= 4 is 14.8 Å². The highest BCUT2D eigenvalue weighted by Crippen LogP contribution is 2.15. The molecular weight excluding hydrogens is 304 g/mol. The lowest BCUT2D eigenvalue weighted by atomic mass is 10.2. The number of carbonyl (C=O) groups is 1. The molecule has 1 fully saturated rings. The van der Waals surface area contributed by atoms with E-state index in [1.54, 1.807) is 21.3 Å². The Hall–Kier alpha value is -0.513. The molecule has 0 atom stereocenters. The minimum atomic E-state index is -2.43. The number of piperazine rings is 1. The van der Waals surface area contributed by atoms with Crippen molar-refractivity contribution in [2.45, 2.75) is 18.9 Å². The molecule has 0 spiro atoms. The van der Waals surface area contributed by atoms with E-state index in [9.17, 15) is 4.79 Å². The third kappa shape index (κ3) is 6.31. The molecule has 130 valence electrons. The quantitative estimate of drug-likeness (QED) is 0.424. The molecule has 0 amide bonds. The first-order valence-corrected chi connectivity index (χ1v) is 9.69. The molecule has 7 nitrogen and oxygen atoms in total. The van der Waals surface area contributed by atoms with Crippen molar-refractivity contribution in [3.63, 3.8) is 0 Å². The van der Waals surface area contributed by atoms with E-state index >= 15 is 0 Å². The molecule has 0 aromatic heterocycles. The average molecular weight is 334 g/mol. The summed E-state index contributed by atoms with van der Waals surface area (Å²) in [7, 11) is 3.96. The Morgan fingerprint density at radius 3 is 1.86 bits per heavy atom. The van der Waals surface area contributed by atoms with Crippen molar-refractivity contribution in [3.05, 3.63) is 0 Å². The first kappa shape index (κ1) is 19.5. The number of esters is 1. The summed E-state index contributed by atoms with van der Waals surface area (Å²) in [5, 5.41) is 0.